The lowest BCUT2D eigenvalue weighted by Gasteiger charge is -2.32. The second-order valence-electron chi connectivity index (χ2n) is 5.60. The van der Waals surface area contributed by atoms with Gasteiger partial charge in [-0.25, -0.2) is 10.9 Å². The molecule has 0 aromatic heterocycles. The van der Waals surface area contributed by atoms with Gasteiger partial charge < -0.3 is 10.6 Å². The highest BCUT2D eigenvalue weighted by atomic mass is 35.5. The Balaban J connectivity index is 1.58. The summed E-state index contributed by atoms with van der Waals surface area (Å²) in [6, 6.07) is 15.2. The van der Waals surface area contributed by atoms with Crippen LogP contribution in [0.3, 0.4) is 0 Å². The summed E-state index contributed by atoms with van der Waals surface area (Å²) in [5, 5.41) is 6.63. The summed E-state index contributed by atoms with van der Waals surface area (Å²) in [5.41, 5.74) is 9.18. The summed E-state index contributed by atoms with van der Waals surface area (Å²) in [5.74, 6) is -0.0612. The van der Waals surface area contributed by atoms with Crippen LogP contribution >= 0.6 is 11.6 Å². The van der Waals surface area contributed by atoms with Gasteiger partial charge in [-0.05, 0) is 31.0 Å². The molecule has 0 bridgehead atoms. The number of hydrogen-bond acceptors (Lipinski definition) is 4. The van der Waals surface area contributed by atoms with Crippen molar-refractivity contribution in [3.05, 3.63) is 64.7 Å². The molecule has 2 aromatic rings. The normalized spacial score (nSPS) is 20.9. The zero-order valence-electron chi connectivity index (χ0n) is 12.8. The van der Waals surface area contributed by atoms with Crippen LogP contribution in [0.2, 0.25) is 5.02 Å². The molecule has 1 aliphatic rings. The molecule has 120 valence electrons. The molecule has 2 unspecified atom stereocenters. The van der Waals surface area contributed by atoms with Crippen LogP contribution < -0.4 is 21.5 Å². The van der Waals surface area contributed by atoms with Crippen molar-refractivity contribution in [2.75, 3.05) is 5.32 Å². The third-order valence-corrected chi connectivity index (χ3v) is 4.07. The summed E-state index contributed by atoms with van der Waals surface area (Å²) in [4.78, 5) is 12.3. The fourth-order valence-electron chi connectivity index (χ4n) is 2.44. The Labute approximate surface area is 140 Å². The van der Waals surface area contributed by atoms with Gasteiger partial charge in [-0.1, -0.05) is 53.6 Å². The van der Waals surface area contributed by atoms with Crippen LogP contribution in [0.1, 0.15) is 11.1 Å². The Hall–Kier alpha value is -2.08. The SMILES string of the molecule is Cc1ccc(CC2NNC(Nc3ccccc3Cl)NC2=O)cc1. The van der Waals surface area contributed by atoms with Crippen molar-refractivity contribution in [2.24, 2.45) is 0 Å². The predicted molar refractivity (Wildman–Crippen MR) is 91.9 cm³/mol. The maximum absolute atomic E-state index is 12.3. The van der Waals surface area contributed by atoms with Crippen molar-refractivity contribution >= 4 is 23.2 Å². The summed E-state index contributed by atoms with van der Waals surface area (Å²) in [7, 11) is 0. The van der Waals surface area contributed by atoms with Crippen molar-refractivity contribution in [3.8, 4) is 0 Å². The van der Waals surface area contributed by atoms with Gasteiger partial charge in [0.15, 0.2) is 6.29 Å². The maximum Gasteiger partial charge on any atom is 0.241 e. The number of aryl methyl sites for hydroxylation is 1. The molecule has 4 N–H and O–H groups in total. The average Bonchev–Trinajstić information content (AvgIpc) is 2.54. The fourth-order valence-corrected chi connectivity index (χ4v) is 2.63. The zero-order valence-corrected chi connectivity index (χ0v) is 13.5. The molecule has 3 rings (SSSR count). The Morgan fingerprint density at radius 3 is 2.52 bits per heavy atom. The molecule has 0 radical (unpaired) electrons. The minimum Gasteiger partial charge on any atom is -0.351 e. The molecule has 1 amide bonds. The van der Waals surface area contributed by atoms with Crippen molar-refractivity contribution in [1.82, 2.24) is 16.2 Å². The molecular weight excluding hydrogens is 312 g/mol. The summed E-state index contributed by atoms with van der Waals surface area (Å²) in [6.45, 7) is 2.04. The molecule has 0 spiro atoms. The Kier molecular flexibility index (Phi) is 4.81. The highest BCUT2D eigenvalue weighted by molar-refractivity contribution is 6.33. The van der Waals surface area contributed by atoms with Gasteiger partial charge >= 0.3 is 0 Å². The first-order valence-electron chi connectivity index (χ1n) is 7.50. The number of rotatable bonds is 4. The number of amides is 1. The first kappa shape index (κ1) is 15.8. The minimum absolute atomic E-state index is 0.0612. The Morgan fingerprint density at radius 1 is 1.09 bits per heavy atom. The van der Waals surface area contributed by atoms with E-state index in [4.69, 9.17) is 11.6 Å². The third-order valence-electron chi connectivity index (χ3n) is 3.74. The van der Waals surface area contributed by atoms with Crippen LogP contribution in [0, 0.1) is 6.92 Å². The molecule has 1 aliphatic heterocycles. The van der Waals surface area contributed by atoms with E-state index < -0.39 is 6.29 Å². The van der Waals surface area contributed by atoms with E-state index in [2.05, 4.69) is 21.5 Å². The maximum atomic E-state index is 12.3. The molecule has 0 saturated carbocycles. The highest BCUT2D eigenvalue weighted by Gasteiger charge is 2.27. The fraction of sp³-hybridized carbons (Fsp3) is 0.235. The smallest absolute Gasteiger partial charge is 0.241 e. The number of para-hydroxylation sites is 1. The van der Waals surface area contributed by atoms with Gasteiger partial charge in [0, 0.05) is 0 Å². The molecule has 2 atom stereocenters. The monoisotopic (exact) mass is 330 g/mol. The van der Waals surface area contributed by atoms with Gasteiger partial charge in [0.1, 0.15) is 6.04 Å². The van der Waals surface area contributed by atoms with Gasteiger partial charge in [-0.15, -0.1) is 0 Å². The van der Waals surface area contributed by atoms with Crippen molar-refractivity contribution in [2.45, 2.75) is 25.7 Å². The number of carbonyl (C=O) groups is 1. The second-order valence-corrected chi connectivity index (χ2v) is 6.00. The molecule has 1 saturated heterocycles. The van der Waals surface area contributed by atoms with Crippen LogP contribution in [0.25, 0.3) is 0 Å². The quantitative estimate of drug-likeness (QED) is 0.694. The van der Waals surface area contributed by atoms with Crippen LogP contribution in [0.15, 0.2) is 48.5 Å². The second kappa shape index (κ2) is 7.00. The molecule has 6 heteroatoms. The van der Waals surface area contributed by atoms with E-state index in [-0.39, 0.29) is 11.9 Å². The van der Waals surface area contributed by atoms with Crippen LogP contribution in [-0.2, 0) is 11.2 Å². The van der Waals surface area contributed by atoms with Crippen molar-refractivity contribution < 1.29 is 4.79 Å². The minimum atomic E-state index is -0.420. The number of anilines is 1. The molecule has 5 nitrogen and oxygen atoms in total. The van der Waals surface area contributed by atoms with E-state index in [1.54, 1.807) is 6.07 Å². The van der Waals surface area contributed by atoms with E-state index >= 15 is 0 Å². The number of halogens is 1. The molecule has 2 aromatic carbocycles. The number of carbonyl (C=O) groups excluding carboxylic acids is 1. The number of nitrogens with one attached hydrogen (secondary N) is 4. The van der Waals surface area contributed by atoms with Crippen LogP contribution in [0.5, 0.6) is 0 Å². The summed E-state index contributed by atoms with van der Waals surface area (Å²) >= 11 is 6.11. The van der Waals surface area contributed by atoms with E-state index in [0.29, 0.717) is 11.4 Å². The number of hydrazine groups is 1. The lowest BCUT2D eigenvalue weighted by Crippen LogP contribution is -2.68. The topological polar surface area (TPSA) is 65.2 Å². The first-order valence-corrected chi connectivity index (χ1v) is 7.87. The van der Waals surface area contributed by atoms with Crippen LogP contribution in [0.4, 0.5) is 5.69 Å². The number of benzene rings is 2. The van der Waals surface area contributed by atoms with E-state index in [1.807, 2.05) is 49.4 Å². The number of hydrogen-bond donors (Lipinski definition) is 4. The molecule has 1 heterocycles. The van der Waals surface area contributed by atoms with Crippen molar-refractivity contribution in [1.29, 1.82) is 0 Å². The van der Waals surface area contributed by atoms with Gasteiger partial charge in [-0.3, -0.25) is 4.79 Å². The zero-order chi connectivity index (χ0) is 16.2. The Morgan fingerprint density at radius 2 is 1.83 bits per heavy atom. The molecule has 0 aliphatic carbocycles. The first-order chi connectivity index (χ1) is 11.1. The summed E-state index contributed by atoms with van der Waals surface area (Å²) < 4.78 is 0. The highest BCUT2D eigenvalue weighted by Crippen LogP contribution is 2.20. The molecule has 23 heavy (non-hydrogen) atoms. The van der Waals surface area contributed by atoms with Gasteiger partial charge in [0.2, 0.25) is 5.91 Å². The lowest BCUT2D eigenvalue weighted by molar-refractivity contribution is -0.126. The van der Waals surface area contributed by atoms with Gasteiger partial charge in [0.05, 0.1) is 10.7 Å². The average molecular weight is 331 g/mol. The Bertz CT molecular complexity index is 689. The predicted octanol–water partition coefficient (Wildman–Crippen LogP) is 2.18. The largest absolute Gasteiger partial charge is 0.351 e. The standard InChI is InChI=1S/C17H19ClN4O/c1-11-6-8-12(9-7-11)10-15-16(23)20-17(22-21-15)19-14-5-3-2-4-13(14)18/h2-9,15,17,19,21-22H,10H2,1H3,(H,20,23). The van der Waals surface area contributed by atoms with Crippen LogP contribution in [-0.4, -0.2) is 18.2 Å². The van der Waals surface area contributed by atoms with E-state index in [1.165, 1.54) is 5.56 Å². The van der Waals surface area contributed by atoms with Crippen molar-refractivity contribution in [3.63, 3.8) is 0 Å². The third kappa shape index (κ3) is 4.01. The van der Waals surface area contributed by atoms with E-state index in [9.17, 15) is 4.79 Å². The lowest BCUT2D eigenvalue weighted by atomic mass is 10.0. The molecule has 1 fully saturated rings. The van der Waals surface area contributed by atoms with Gasteiger partial charge in [-0.2, -0.15) is 0 Å². The summed E-state index contributed by atoms with van der Waals surface area (Å²) in [6.07, 6.45) is 0.203. The molecular formula is C17H19ClN4O. The van der Waals surface area contributed by atoms with E-state index in [0.717, 1.165) is 11.3 Å². The van der Waals surface area contributed by atoms with Gasteiger partial charge in [0.25, 0.3) is 0 Å².